The Morgan fingerprint density at radius 1 is 0.577 bits per heavy atom. The van der Waals surface area contributed by atoms with E-state index in [1.165, 1.54) is 14.2 Å². The summed E-state index contributed by atoms with van der Waals surface area (Å²) in [4.78, 5) is 79.8. The van der Waals surface area contributed by atoms with Crippen LogP contribution in [0.4, 0.5) is 21.0 Å². The molecule has 0 radical (unpaired) electrons. The van der Waals surface area contributed by atoms with Crippen LogP contribution in [0.5, 0.6) is 0 Å². The first kappa shape index (κ1) is 36.6. The molecule has 2 heterocycles. The Labute approximate surface area is 303 Å². The summed E-state index contributed by atoms with van der Waals surface area (Å²) in [5.74, 6) is -1.18. The SMILES string of the molecule is COC(=O)NC(C(=O)N1CC[C@@H](C(=O)Nc2ccc(-c3ccc(NC(=O)[C@H]4CCN(C(=O)C(NC(=O)OC)C5CCC5)C4)cc3)cc2)C1)C1CCC1. The number of nitrogens with zero attached hydrogens (tertiary/aromatic N) is 2. The van der Waals surface area contributed by atoms with E-state index in [-0.39, 0.29) is 47.3 Å². The maximum Gasteiger partial charge on any atom is 0.407 e. The molecule has 4 fully saturated rings. The third-order valence-electron chi connectivity index (χ3n) is 11.1. The number of rotatable bonds is 11. The second-order valence-electron chi connectivity index (χ2n) is 14.3. The van der Waals surface area contributed by atoms with Gasteiger partial charge in [-0.25, -0.2) is 9.59 Å². The Hall–Kier alpha value is -5.14. The van der Waals surface area contributed by atoms with Crippen LogP contribution >= 0.6 is 0 Å². The molecule has 278 valence electrons. The van der Waals surface area contributed by atoms with Crippen molar-refractivity contribution < 1.29 is 38.2 Å². The van der Waals surface area contributed by atoms with Crippen LogP contribution in [-0.2, 0) is 28.7 Å². The van der Waals surface area contributed by atoms with Crippen LogP contribution in [0.3, 0.4) is 0 Å². The van der Waals surface area contributed by atoms with E-state index in [0.29, 0.717) is 50.4 Å². The number of hydrogen-bond acceptors (Lipinski definition) is 8. The molecule has 0 spiro atoms. The summed E-state index contributed by atoms with van der Waals surface area (Å²) in [5, 5.41) is 11.3. The average molecular weight is 717 g/mol. The number of nitrogens with one attached hydrogen (secondary N) is 4. The summed E-state index contributed by atoms with van der Waals surface area (Å²) >= 11 is 0. The van der Waals surface area contributed by atoms with Gasteiger partial charge in [-0.15, -0.1) is 0 Å². The first-order valence-electron chi connectivity index (χ1n) is 18.2. The van der Waals surface area contributed by atoms with Crippen molar-refractivity contribution >= 4 is 47.2 Å². The van der Waals surface area contributed by atoms with Gasteiger partial charge in [-0.1, -0.05) is 37.1 Å². The summed E-state index contributed by atoms with van der Waals surface area (Å²) < 4.78 is 9.45. The van der Waals surface area contributed by atoms with Crippen LogP contribution in [0.1, 0.15) is 51.4 Å². The maximum atomic E-state index is 13.3. The number of anilines is 2. The molecule has 0 aromatic heterocycles. The molecule has 14 nitrogen and oxygen atoms in total. The standard InChI is InChI=1S/C38H48N6O8/c1-51-37(49)41-31(25-5-3-6-25)35(47)43-19-17-27(21-43)33(45)39-29-13-9-23(10-14-29)24-11-15-30(16-12-24)40-34(46)28-18-20-44(22-28)36(48)32(26-7-4-8-26)42-38(50)52-2/h9-16,25-28,31-32H,3-8,17-22H2,1-2H3,(H,39,45)(H,40,46)(H,41,49)(H,42,50)/t27-,28+,31?,32?. The molecule has 4 aliphatic rings. The second kappa shape index (κ2) is 16.5. The molecular weight excluding hydrogens is 668 g/mol. The summed E-state index contributed by atoms with van der Waals surface area (Å²) in [6.07, 6.45) is 5.38. The van der Waals surface area contributed by atoms with Gasteiger partial charge in [-0.05, 0) is 85.8 Å². The number of hydrogen-bond donors (Lipinski definition) is 4. The van der Waals surface area contributed by atoms with E-state index in [1.807, 2.05) is 48.5 Å². The second-order valence-corrected chi connectivity index (χ2v) is 14.3. The number of likely N-dealkylation sites (tertiary alicyclic amines) is 2. The average Bonchev–Trinajstić information content (AvgIpc) is 3.81. The van der Waals surface area contributed by atoms with Gasteiger partial charge in [0.1, 0.15) is 12.1 Å². The number of carbonyl (C=O) groups is 6. The molecule has 4 N–H and O–H groups in total. The van der Waals surface area contributed by atoms with Crippen LogP contribution in [0.15, 0.2) is 48.5 Å². The molecule has 14 heteroatoms. The lowest BCUT2D eigenvalue weighted by Crippen LogP contribution is -2.53. The molecule has 2 aliphatic heterocycles. The van der Waals surface area contributed by atoms with Gasteiger partial charge in [0.05, 0.1) is 26.1 Å². The Kier molecular flexibility index (Phi) is 11.6. The van der Waals surface area contributed by atoms with Gasteiger partial charge in [-0.3, -0.25) is 19.2 Å². The largest absolute Gasteiger partial charge is 0.453 e. The van der Waals surface area contributed by atoms with E-state index in [2.05, 4.69) is 21.3 Å². The molecule has 6 rings (SSSR count). The van der Waals surface area contributed by atoms with Crippen molar-refractivity contribution in [3.8, 4) is 11.1 Å². The predicted octanol–water partition coefficient (Wildman–Crippen LogP) is 3.98. The smallest absolute Gasteiger partial charge is 0.407 e. The molecule has 2 aromatic rings. The van der Waals surface area contributed by atoms with E-state index in [4.69, 9.17) is 9.47 Å². The van der Waals surface area contributed by atoms with Crippen LogP contribution in [0, 0.1) is 23.7 Å². The van der Waals surface area contributed by atoms with Crippen molar-refractivity contribution in [2.24, 2.45) is 23.7 Å². The van der Waals surface area contributed by atoms with Crippen LogP contribution in [-0.4, -0.2) is 98.1 Å². The molecular formula is C38H48N6O8. The first-order valence-corrected chi connectivity index (χ1v) is 18.2. The van der Waals surface area contributed by atoms with Gasteiger partial charge in [0, 0.05) is 37.6 Å². The molecule has 2 aromatic carbocycles. The van der Waals surface area contributed by atoms with Gasteiger partial charge < -0.3 is 40.5 Å². The molecule has 0 bridgehead atoms. The van der Waals surface area contributed by atoms with Crippen molar-refractivity contribution in [2.45, 2.75) is 63.5 Å². The Balaban J connectivity index is 0.968. The highest BCUT2D eigenvalue weighted by molar-refractivity contribution is 5.95. The third-order valence-corrected chi connectivity index (χ3v) is 11.1. The van der Waals surface area contributed by atoms with Crippen LogP contribution < -0.4 is 21.3 Å². The number of benzene rings is 2. The Bertz CT molecular complexity index is 1520. The van der Waals surface area contributed by atoms with E-state index in [0.717, 1.165) is 49.7 Å². The number of alkyl carbamates (subject to hydrolysis) is 2. The lowest BCUT2D eigenvalue weighted by molar-refractivity contribution is -0.135. The minimum absolute atomic E-state index is 0.0872. The van der Waals surface area contributed by atoms with Gasteiger partial charge in [0.2, 0.25) is 23.6 Å². The van der Waals surface area contributed by atoms with E-state index < -0.39 is 24.3 Å². The van der Waals surface area contributed by atoms with E-state index >= 15 is 0 Å². The van der Waals surface area contributed by atoms with Crippen molar-refractivity contribution in [3.05, 3.63) is 48.5 Å². The minimum atomic E-state index is -0.634. The summed E-state index contributed by atoms with van der Waals surface area (Å²) in [6.45, 7) is 1.50. The van der Waals surface area contributed by atoms with E-state index in [9.17, 15) is 28.8 Å². The lowest BCUT2D eigenvalue weighted by Gasteiger charge is -2.35. The highest BCUT2D eigenvalue weighted by Crippen LogP contribution is 2.33. The summed E-state index contributed by atoms with van der Waals surface area (Å²) in [7, 11) is 2.55. The summed E-state index contributed by atoms with van der Waals surface area (Å²) in [6, 6.07) is 13.7. The molecule has 4 atom stereocenters. The topological polar surface area (TPSA) is 175 Å². The fourth-order valence-electron chi connectivity index (χ4n) is 7.40. The van der Waals surface area contributed by atoms with E-state index in [1.54, 1.807) is 9.80 Å². The quantitative estimate of drug-likeness (QED) is 0.270. The van der Waals surface area contributed by atoms with Crippen LogP contribution in [0.25, 0.3) is 11.1 Å². The molecule has 2 saturated carbocycles. The molecule has 52 heavy (non-hydrogen) atoms. The zero-order valence-corrected chi connectivity index (χ0v) is 29.7. The maximum absolute atomic E-state index is 13.3. The van der Waals surface area contributed by atoms with Gasteiger partial charge in [0.15, 0.2) is 0 Å². The van der Waals surface area contributed by atoms with Gasteiger partial charge in [0.25, 0.3) is 0 Å². The highest BCUT2D eigenvalue weighted by atomic mass is 16.5. The molecule has 2 unspecified atom stereocenters. The fourth-order valence-corrected chi connectivity index (χ4v) is 7.40. The highest BCUT2D eigenvalue weighted by Gasteiger charge is 2.41. The lowest BCUT2D eigenvalue weighted by atomic mass is 9.79. The van der Waals surface area contributed by atoms with Crippen LogP contribution in [0.2, 0.25) is 0 Å². The molecule has 2 saturated heterocycles. The zero-order valence-electron chi connectivity index (χ0n) is 29.7. The number of carbonyl (C=O) groups excluding carboxylic acids is 6. The van der Waals surface area contributed by atoms with Crippen molar-refractivity contribution in [3.63, 3.8) is 0 Å². The normalized spacial score (nSPS) is 21.2. The Morgan fingerprint density at radius 2 is 0.942 bits per heavy atom. The minimum Gasteiger partial charge on any atom is -0.453 e. The first-order chi connectivity index (χ1) is 25.1. The summed E-state index contributed by atoms with van der Waals surface area (Å²) in [5.41, 5.74) is 3.15. The fraction of sp³-hybridized carbons (Fsp3) is 0.526. The molecule has 6 amide bonds. The number of amides is 6. The third kappa shape index (κ3) is 8.48. The predicted molar refractivity (Wildman–Crippen MR) is 192 cm³/mol. The van der Waals surface area contributed by atoms with Crippen molar-refractivity contribution in [1.29, 1.82) is 0 Å². The van der Waals surface area contributed by atoms with Crippen molar-refractivity contribution in [2.75, 3.05) is 51.0 Å². The number of ether oxygens (including phenoxy) is 2. The molecule has 2 aliphatic carbocycles. The van der Waals surface area contributed by atoms with Crippen molar-refractivity contribution in [1.82, 2.24) is 20.4 Å². The Morgan fingerprint density at radius 3 is 1.25 bits per heavy atom. The zero-order chi connectivity index (χ0) is 36.8. The number of methoxy groups -OCH3 is 2. The monoisotopic (exact) mass is 716 g/mol. The van der Waals surface area contributed by atoms with Gasteiger partial charge in [-0.2, -0.15) is 0 Å². The van der Waals surface area contributed by atoms with Gasteiger partial charge >= 0.3 is 12.2 Å².